The van der Waals surface area contributed by atoms with Gasteiger partial charge in [-0.15, -0.1) is 0 Å². The van der Waals surface area contributed by atoms with Gasteiger partial charge in [0.05, 0.1) is 18.2 Å². The van der Waals surface area contributed by atoms with Crippen molar-refractivity contribution in [3.63, 3.8) is 0 Å². The first-order chi connectivity index (χ1) is 12.6. The third kappa shape index (κ3) is 4.54. The Morgan fingerprint density at radius 3 is 2.15 bits per heavy atom. The largest absolute Gasteiger partial charge is 0.369 e. The lowest BCUT2D eigenvalue weighted by Gasteiger charge is -2.39. The highest BCUT2D eigenvalue weighted by Crippen LogP contribution is 2.17. The molecule has 0 aromatic heterocycles. The van der Waals surface area contributed by atoms with Crippen LogP contribution in [0, 0.1) is 11.3 Å². The Balaban J connectivity index is 1.43. The Hall–Kier alpha value is -2.10. The summed E-state index contributed by atoms with van der Waals surface area (Å²) in [5, 5.41) is 8.90. The highest BCUT2D eigenvalue weighted by atomic mass is 16.2. The van der Waals surface area contributed by atoms with Gasteiger partial charge < -0.3 is 9.80 Å². The highest BCUT2D eigenvalue weighted by Gasteiger charge is 2.25. The van der Waals surface area contributed by atoms with Crippen LogP contribution in [0.15, 0.2) is 24.3 Å². The Morgan fingerprint density at radius 2 is 1.62 bits per heavy atom. The molecule has 2 saturated heterocycles. The zero-order valence-electron chi connectivity index (χ0n) is 15.9. The Kier molecular flexibility index (Phi) is 6.12. The van der Waals surface area contributed by atoms with Gasteiger partial charge in [-0.25, -0.2) is 0 Å². The molecule has 0 atom stereocenters. The average Bonchev–Trinajstić information content (AvgIpc) is 2.68. The molecular formula is C20H29N5O. The van der Waals surface area contributed by atoms with E-state index in [4.69, 9.17) is 5.26 Å². The van der Waals surface area contributed by atoms with E-state index in [9.17, 15) is 4.79 Å². The van der Waals surface area contributed by atoms with Gasteiger partial charge in [-0.1, -0.05) is 0 Å². The Bertz CT molecular complexity index is 635. The van der Waals surface area contributed by atoms with E-state index in [0.717, 1.165) is 58.0 Å². The van der Waals surface area contributed by atoms with Crippen LogP contribution < -0.4 is 4.90 Å². The van der Waals surface area contributed by atoms with Crippen molar-refractivity contribution in [2.75, 3.05) is 63.8 Å². The highest BCUT2D eigenvalue weighted by molar-refractivity contribution is 5.78. The van der Waals surface area contributed by atoms with Crippen molar-refractivity contribution in [2.45, 2.75) is 19.9 Å². The van der Waals surface area contributed by atoms with E-state index in [1.54, 1.807) is 0 Å². The molecule has 0 aliphatic carbocycles. The van der Waals surface area contributed by atoms with Crippen LogP contribution >= 0.6 is 0 Å². The number of nitrogens with zero attached hydrogens (tertiary/aromatic N) is 5. The summed E-state index contributed by atoms with van der Waals surface area (Å²) in [6.45, 7) is 12.3. The minimum absolute atomic E-state index is 0.264. The second-order valence-electron chi connectivity index (χ2n) is 7.43. The molecule has 1 amide bonds. The number of benzene rings is 1. The quantitative estimate of drug-likeness (QED) is 0.813. The van der Waals surface area contributed by atoms with E-state index < -0.39 is 0 Å². The topological polar surface area (TPSA) is 53.8 Å². The molecule has 6 nitrogen and oxygen atoms in total. The van der Waals surface area contributed by atoms with E-state index >= 15 is 0 Å². The maximum atomic E-state index is 12.6. The second-order valence-corrected chi connectivity index (χ2v) is 7.43. The van der Waals surface area contributed by atoms with Crippen LogP contribution in [0.5, 0.6) is 0 Å². The summed E-state index contributed by atoms with van der Waals surface area (Å²) in [5.74, 6) is 0.264. The summed E-state index contributed by atoms with van der Waals surface area (Å²) < 4.78 is 0. The zero-order chi connectivity index (χ0) is 18.5. The van der Waals surface area contributed by atoms with E-state index in [-0.39, 0.29) is 5.91 Å². The first kappa shape index (κ1) is 18.7. The number of hydrogen-bond donors (Lipinski definition) is 0. The number of rotatable bonds is 4. The fourth-order valence-corrected chi connectivity index (χ4v) is 3.69. The molecule has 0 unspecified atom stereocenters. The first-order valence-corrected chi connectivity index (χ1v) is 9.56. The van der Waals surface area contributed by atoms with Gasteiger partial charge in [0.1, 0.15) is 0 Å². The van der Waals surface area contributed by atoms with Crippen molar-refractivity contribution < 1.29 is 4.79 Å². The number of carbonyl (C=O) groups is 1. The standard InChI is InChI=1S/C20H29N5O/c1-17(2)23-11-13-25(14-12-23)20(26)16-22-7-9-24(10-8-22)19-5-3-18(15-21)4-6-19/h3-6,17H,7-14,16H2,1-2H3. The second kappa shape index (κ2) is 8.52. The lowest BCUT2D eigenvalue weighted by atomic mass is 10.2. The Labute approximate surface area is 156 Å². The fraction of sp³-hybridized carbons (Fsp3) is 0.600. The van der Waals surface area contributed by atoms with E-state index in [1.165, 1.54) is 0 Å². The molecule has 0 N–H and O–H groups in total. The molecule has 2 aliphatic heterocycles. The number of amides is 1. The molecule has 0 spiro atoms. The molecule has 2 fully saturated rings. The lowest BCUT2D eigenvalue weighted by molar-refractivity contribution is -0.134. The molecular weight excluding hydrogens is 326 g/mol. The van der Waals surface area contributed by atoms with Gasteiger partial charge in [-0.05, 0) is 38.1 Å². The minimum Gasteiger partial charge on any atom is -0.369 e. The number of carbonyl (C=O) groups excluding carboxylic acids is 1. The molecule has 0 radical (unpaired) electrons. The summed E-state index contributed by atoms with van der Waals surface area (Å²) in [5.41, 5.74) is 1.84. The van der Waals surface area contributed by atoms with E-state index in [1.807, 2.05) is 29.2 Å². The predicted molar refractivity (Wildman–Crippen MR) is 103 cm³/mol. The van der Waals surface area contributed by atoms with Gasteiger partial charge in [0.25, 0.3) is 0 Å². The number of hydrogen-bond acceptors (Lipinski definition) is 5. The van der Waals surface area contributed by atoms with Crippen LogP contribution in [0.3, 0.4) is 0 Å². The SMILES string of the molecule is CC(C)N1CCN(C(=O)CN2CCN(c3ccc(C#N)cc3)CC2)CC1. The third-order valence-corrected chi connectivity index (χ3v) is 5.49. The maximum Gasteiger partial charge on any atom is 0.236 e. The van der Waals surface area contributed by atoms with Crippen LogP contribution in [-0.2, 0) is 4.79 Å². The van der Waals surface area contributed by atoms with E-state index in [0.29, 0.717) is 18.2 Å². The molecule has 1 aromatic rings. The van der Waals surface area contributed by atoms with Crippen molar-refractivity contribution >= 4 is 11.6 Å². The molecule has 3 rings (SSSR count). The number of piperazine rings is 2. The minimum atomic E-state index is 0.264. The van der Waals surface area contributed by atoms with Crippen LogP contribution in [0.1, 0.15) is 19.4 Å². The summed E-state index contributed by atoms with van der Waals surface area (Å²) >= 11 is 0. The van der Waals surface area contributed by atoms with E-state index in [2.05, 4.69) is 34.6 Å². The molecule has 140 valence electrons. The van der Waals surface area contributed by atoms with Crippen LogP contribution in [0.25, 0.3) is 0 Å². The molecule has 0 saturated carbocycles. The molecule has 6 heteroatoms. The normalized spacial score (nSPS) is 19.6. The van der Waals surface area contributed by atoms with Gasteiger partial charge >= 0.3 is 0 Å². The number of nitriles is 1. The van der Waals surface area contributed by atoms with Crippen molar-refractivity contribution in [1.82, 2.24) is 14.7 Å². The van der Waals surface area contributed by atoms with Gasteiger partial charge in [0.2, 0.25) is 5.91 Å². The van der Waals surface area contributed by atoms with Crippen molar-refractivity contribution in [3.05, 3.63) is 29.8 Å². The summed E-state index contributed by atoms with van der Waals surface area (Å²) in [7, 11) is 0. The monoisotopic (exact) mass is 355 g/mol. The molecule has 0 bridgehead atoms. The van der Waals surface area contributed by atoms with Crippen LogP contribution in [0.2, 0.25) is 0 Å². The summed E-state index contributed by atoms with van der Waals surface area (Å²) in [6.07, 6.45) is 0. The third-order valence-electron chi connectivity index (χ3n) is 5.49. The molecule has 2 aliphatic rings. The Morgan fingerprint density at radius 1 is 1.00 bits per heavy atom. The van der Waals surface area contributed by atoms with Crippen molar-refractivity contribution in [2.24, 2.45) is 0 Å². The molecule has 2 heterocycles. The molecule has 26 heavy (non-hydrogen) atoms. The summed E-state index contributed by atoms with van der Waals surface area (Å²) in [6, 6.07) is 10.5. The fourth-order valence-electron chi connectivity index (χ4n) is 3.69. The average molecular weight is 355 g/mol. The smallest absolute Gasteiger partial charge is 0.236 e. The predicted octanol–water partition coefficient (Wildman–Crippen LogP) is 1.23. The van der Waals surface area contributed by atoms with Crippen LogP contribution in [0.4, 0.5) is 5.69 Å². The number of anilines is 1. The summed E-state index contributed by atoms with van der Waals surface area (Å²) in [4.78, 5) is 21.6. The van der Waals surface area contributed by atoms with Crippen molar-refractivity contribution in [3.8, 4) is 6.07 Å². The zero-order valence-corrected chi connectivity index (χ0v) is 15.9. The van der Waals surface area contributed by atoms with Crippen LogP contribution in [-0.4, -0.2) is 85.6 Å². The van der Waals surface area contributed by atoms with Crippen molar-refractivity contribution in [1.29, 1.82) is 5.26 Å². The lowest BCUT2D eigenvalue weighted by Crippen LogP contribution is -2.54. The van der Waals surface area contributed by atoms with Gasteiger partial charge in [0.15, 0.2) is 0 Å². The van der Waals surface area contributed by atoms with Gasteiger partial charge in [-0.3, -0.25) is 14.6 Å². The maximum absolute atomic E-state index is 12.6. The van der Waals surface area contributed by atoms with Gasteiger partial charge in [-0.2, -0.15) is 5.26 Å². The van der Waals surface area contributed by atoms with Gasteiger partial charge in [0, 0.05) is 64.1 Å². The molecule has 1 aromatic carbocycles. The first-order valence-electron chi connectivity index (χ1n) is 9.56.